The van der Waals surface area contributed by atoms with Gasteiger partial charge in [-0.1, -0.05) is 6.07 Å². The fourth-order valence-corrected chi connectivity index (χ4v) is 5.87. The van der Waals surface area contributed by atoms with Gasteiger partial charge in [-0.25, -0.2) is 0 Å². The Morgan fingerprint density at radius 3 is 2.96 bits per heavy atom. The first-order valence-electron chi connectivity index (χ1n) is 9.63. The Morgan fingerprint density at radius 2 is 2.17 bits per heavy atom. The molecule has 0 unspecified atom stereocenters. The van der Waals surface area contributed by atoms with Gasteiger partial charge in [-0.05, 0) is 73.7 Å². The molecule has 1 heterocycles. The highest BCUT2D eigenvalue weighted by Gasteiger charge is 2.55. The van der Waals surface area contributed by atoms with E-state index in [4.69, 9.17) is 4.74 Å². The van der Waals surface area contributed by atoms with Crippen LogP contribution in [-0.4, -0.2) is 36.9 Å². The van der Waals surface area contributed by atoms with Crippen LogP contribution in [0.4, 0.5) is 0 Å². The fraction of sp³-hybridized carbons (Fsp3) is 0.667. The van der Waals surface area contributed by atoms with Crippen molar-refractivity contribution in [3.05, 3.63) is 29.3 Å². The molecule has 1 aromatic carbocycles. The van der Waals surface area contributed by atoms with Gasteiger partial charge >= 0.3 is 0 Å². The van der Waals surface area contributed by atoms with E-state index < -0.39 is 0 Å². The Morgan fingerprint density at radius 1 is 1.29 bits per heavy atom. The van der Waals surface area contributed by atoms with Gasteiger partial charge in [0.1, 0.15) is 11.5 Å². The molecule has 3 aliphatic carbocycles. The van der Waals surface area contributed by atoms with E-state index in [2.05, 4.69) is 23.1 Å². The lowest BCUT2D eigenvalue weighted by Gasteiger charge is -2.58. The van der Waals surface area contributed by atoms with Crippen LogP contribution in [-0.2, 0) is 16.6 Å². The summed E-state index contributed by atoms with van der Waals surface area (Å²) in [4.78, 5) is 15.2. The highest BCUT2D eigenvalue weighted by Crippen LogP contribution is 2.55. The maximum atomic E-state index is 12.4. The van der Waals surface area contributed by atoms with E-state index in [0.29, 0.717) is 17.7 Å². The van der Waals surface area contributed by atoms with E-state index in [1.54, 1.807) is 7.11 Å². The average molecular weight is 325 g/mol. The van der Waals surface area contributed by atoms with Crippen LogP contribution < -0.4 is 4.74 Å². The second-order valence-electron chi connectivity index (χ2n) is 8.50. The molecule has 0 amide bonds. The van der Waals surface area contributed by atoms with Crippen LogP contribution in [0.3, 0.4) is 0 Å². The normalized spacial score (nSPS) is 35.3. The Balaban J connectivity index is 1.59. The summed E-state index contributed by atoms with van der Waals surface area (Å²) in [5.74, 6) is 3.01. The van der Waals surface area contributed by atoms with Crippen molar-refractivity contribution in [1.82, 2.24) is 4.90 Å². The van der Waals surface area contributed by atoms with E-state index in [1.807, 2.05) is 0 Å². The number of methoxy groups -OCH3 is 1. The zero-order valence-corrected chi connectivity index (χ0v) is 14.6. The molecule has 2 bridgehead atoms. The number of ether oxygens (including phenoxy) is 1. The molecule has 5 rings (SSSR count). The van der Waals surface area contributed by atoms with E-state index in [1.165, 1.54) is 37.1 Å². The van der Waals surface area contributed by atoms with Gasteiger partial charge in [0.05, 0.1) is 7.11 Å². The molecule has 1 saturated heterocycles. The maximum absolute atomic E-state index is 12.4. The summed E-state index contributed by atoms with van der Waals surface area (Å²) < 4.78 is 5.51. The first kappa shape index (κ1) is 14.9. The lowest BCUT2D eigenvalue weighted by atomic mass is 9.52. The van der Waals surface area contributed by atoms with Crippen LogP contribution in [0.1, 0.15) is 49.7 Å². The average Bonchev–Trinajstić information content (AvgIpc) is 3.41. The molecule has 1 aromatic rings. The molecule has 0 N–H and O–H groups in total. The van der Waals surface area contributed by atoms with Gasteiger partial charge in [0.25, 0.3) is 0 Å². The van der Waals surface area contributed by atoms with Crippen LogP contribution in [0.2, 0.25) is 0 Å². The first-order valence-corrected chi connectivity index (χ1v) is 9.63. The number of likely N-dealkylation sites (tertiary alicyclic amines) is 1. The quantitative estimate of drug-likeness (QED) is 0.853. The highest BCUT2D eigenvalue weighted by atomic mass is 16.5. The Hall–Kier alpha value is -1.35. The molecule has 3 fully saturated rings. The van der Waals surface area contributed by atoms with E-state index >= 15 is 0 Å². The molecule has 24 heavy (non-hydrogen) atoms. The van der Waals surface area contributed by atoms with Crippen molar-refractivity contribution >= 4 is 5.78 Å². The number of fused-ring (bicyclic) bond motifs is 1. The minimum absolute atomic E-state index is 0.0855. The topological polar surface area (TPSA) is 29.5 Å². The predicted octanol–water partition coefficient (Wildman–Crippen LogP) is 3.34. The number of carbonyl (C=O) groups excluding carboxylic acids is 1. The van der Waals surface area contributed by atoms with Crippen molar-refractivity contribution in [3.8, 4) is 5.75 Å². The summed E-state index contributed by atoms with van der Waals surface area (Å²) in [6.45, 7) is 2.46. The van der Waals surface area contributed by atoms with E-state index in [0.717, 1.165) is 43.8 Å². The Bertz CT molecular complexity index is 680. The molecule has 3 heteroatoms. The van der Waals surface area contributed by atoms with Crippen LogP contribution in [0.25, 0.3) is 0 Å². The Kier molecular flexibility index (Phi) is 3.31. The smallest absolute Gasteiger partial charge is 0.133 e. The van der Waals surface area contributed by atoms with Gasteiger partial charge in [0, 0.05) is 30.8 Å². The van der Waals surface area contributed by atoms with Crippen molar-refractivity contribution in [3.63, 3.8) is 0 Å². The molecular formula is C21H27NO2. The number of hydrogen-bond acceptors (Lipinski definition) is 3. The predicted molar refractivity (Wildman–Crippen MR) is 93.4 cm³/mol. The molecule has 2 saturated carbocycles. The molecule has 1 aliphatic heterocycles. The third kappa shape index (κ3) is 2.17. The Labute approximate surface area is 144 Å². The van der Waals surface area contributed by atoms with Gasteiger partial charge in [0.15, 0.2) is 0 Å². The number of carbonyl (C=O) groups is 1. The maximum Gasteiger partial charge on any atom is 0.133 e. The highest BCUT2D eigenvalue weighted by molar-refractivity contribution is 5.81. The molecule has 0 aromatic heterocycles. The van der Waals surface area contributed by atoms with Crippen molar-refractivity contribution in [2.45, 2.75) is 56.4 Å². The second kappa shape index (κ2) is 5.32. The molecule has 3 nitrogen and oxygen atoms in total. The van der Waals surface area contributed by atoms with E-state index in [9.17, 15) is 4.79 Å². The number of hydrogen-bond donors (Lipinski definition) is 0. The number of rotatable bonds is 3. The lowest BCUT2D eigenvalue weighted by molar-refractivity contribution is -0.127. The minimum atomic E-state index is 0.0855. The zero-order chi connectivity index (χ0) is 16.3. The largest absolute Gasteiger partial charge is 0.497 e. The molecule has 3 atom stereocenters. The van der Waals surface area contributed by atoms with Crippen molar-refractivity contribution in [2.24, 2.45) is 11.8 Å². The second-order valence-corrected chi connectivity index (χ2v) is 8.50. The monoisotopic (exact) mass is 325 g/mol. The van der Waals surface area contributed by atoms with Gasteiger partial charge in [0.2, 0.25) is 0 Å². The lowest BCUT2D eigenvalue weighted by Crippen LogP contribution is -2.62. The van der Waals surface area contributed by atoms with Crippen LogP contribution in [0.5, 0.6) is 5.75 Å². The fourth-order valence-electron chi connectivity index (χ4n) is 5.87. The number of piperidine rings is 1. The number of Topliss-reactive ketones (excluding diaryl/α,β-unsaturated/α-hetero) is 1. The summed E-state index contributed by atoms with van der Waals surface area (Å²) in [6, 6.07) is 7.25. The third-order valence-electron chi connectivity index (χ3n) is 7.21. The third-order valence-corrected chi connectivity index (χ3v) is 7.21. The van der Waals surface area contributed by atoms with Gasteiger partial charge in [-0.15, -0.1) is 0 Å². The standard InChI is InChI=1S/C21H27NO2/c1-24-17-6-4-15-10-20-18-7-5-16(23)12-21(18,19(15)11-17)8-9-22(20)13-14-2-3-14/h4,6,11,14,18,20H,2-3,5,7-10,12-13H2,1H3/t18-,20+,21-/m0/s1. The molecule has 128 valence electrons. The first-order chi connectivity index (χ1) is 11.7. The summed E-state index contributed by atoms with van der Waals surface area (Å²) >= 11 is 0. The van der Waals surface area contributed by atoms with Crippen LogP contribution in [0.15, 0.2) is 18.2 Å². The van der Waals surface area contributed by atoms with Gasteiger partial charge < -0.3 is 4.74 Å². The van der Waals surface area contributed by atoms with Crippen molar-refractivity contribution in [1.29, 1.82) is 0 Å². The molecule has 0 spiro atoms. The van der Waals surface area contributed by atoms with Crippen molar-refractivity contribution < 1.29 is 9.53 Å². The van der Waals surface area contributed by atoms with Gasteiger partial charge in [-0.3, -0.25) is 9.69 Å². The summed E-state index contributed by atoms with van der Waals surface area (Å²) in [5, 5.41) is 0. The number of nitrogens with zero attached hydrogens (tertiary/aromatic N) is 1. The summed E-state index contributed by atoms with van der Waals surface area (Å²) in [6.07, 6.45) is 7.78. The van der Waals surface area contributed by atoms with Crippen molar-refractivity contribution in [2.75, 3.05) is 20.2 Å². The van der Waals surface area contributed by atoms with E-state index in [-0.39, 0.29) is 5.41 Å². The van der Waals surface area contributed by atoms with Crippen LogP contribution >= 0.6 is 0 Å². The SMILES string of the molecule is COc1ccc2c(c1)[C@]13CCN(CC4CC4)[C@H](C2)[C@@H]1CCC(=O)C3. The zero-order valence-electron chi connectivity index (χ0n) is 14.6. The molecule has 0 radical (unpaired) electrons. The van der Waals surface area contributed by atoms with Gasteiger partial charge in [-0.2, -0.15) is 0 Å². The minimum Gasteiger partial charge on any atom is -0.497 e. The summed E-state index contributed by atoms with van der Waals surface area (Å²) in [7, 11) is 1.74. The number of ketones is 1. The molecular weight excluding hydrogens is 298 g/mol. The summed E-state index contributed by atoms with van der Waals surface area (Å²) in [5.41, 5.74) is 2.98. The van der Waals surface area contributed by atoms with Crippen LogP contribution in [0, 0.1) is 11.8 Å². The molecule has 4 aliphatic rings. The number of benzene rings is 1.